The third-order valence-electron chi connectivity index (χ3n) is 18.5. The molecule has 24 nitrogen and oxygen atoms in total. The van der Waals surface area contributed by atoms with E-state index in [0.29, 0.717) is 32.3 Å². The van der Waals surface area contributed by atoms with E-state index in [1.165, 1.54) is 20.8 Å². The van der Waals surface area contributed by atoms with Gasteiger partial charge in [0.25, 0.3) is 0 Å². The summed E-state index contributed by atoms with van der Waals surface area (Å²) in [4.78, 5) is 100. The van der Waals surface area contributed by atoms with Crippen molar-refractivity contribution in [1.29, 1.82) is 0 Å². The lowest BCUT2D eigenvalue weighted by Gasteiger charge is -2.43. The topological polar surface area (TPSA) is 293 Å². The first kappa shape index (κ1) is 82.9. The number of ether oxygens (including phenoxy) is 13. The van der Waals surface area contributed by atoms with Gasteiger partial charge in [0, 0.05) is 96.7 Å². The van der Waals surface area contributed by atoms with Crippen molar-refractivity contribution in [3.8, 4) is 5.75 Å². The van der Waals surface area contributed by atoms with Gasteiger partial charge in [0.05, 0.1) is 71.2 Å². The zero-order valence-corrected chi connectivity index (χ0v) is 57.8. The number of benzene rings is 1. The fraction of sp³-hybridized carbons (Fsp3) is 0.791. The Bertz CT molecular complexity index is 2420. The van der Waals surface area contributed by atoms with E-state index in [2.05, 4.69) is 41.5 Å². The van der Waals surface area contributed by atoms with E-state index in [-0.39, 0.29) is 207 Å². The number of unbranched alkanes of at least 4 members (excludes halogenated alkanes) is 1. The minimum atomic E-state index is -2.45. The van der Waals surface area contributed by atoms with Crippen LogP contribution in [0.4, 0.5) is 22.0 Å². The molecule has 29 heteroatoms. The summed E-state index contributed by atoms with van der Waals surface area (Å²) in [6.45, 7) is 22.3. The monoisotopic (exact) mass is 1380 g/mol. The molecule has 3 heterocycles. The van der Waals surface area contributed by atoms with Crippen LogP contribution in [0.2, 0.25) is 0 Å². The summed E-state index contributed by atoms with van der Waals surface area (Å²) in [6.07, 6.45) is -2.60. The average molecular weight is 1380 g/mol. The van der Waals surface area contributed by atoms with Gasteiger partial charge in [-0.1, -0.05) is 62.3 Å². The van der Waals surface area contributed by atoms with Gasteiger partial charge in [-0.25, -0.2) is 13.2 Å². The van der Waals surface area contributed by atoms with Gasteiger partial charge in [0.15, 0.2) is 18.9 Å². The van der Waals surface area contributed by atoms with E-state index in [1.54, 1.807) is 0 Å². The third-order valence-corrected chi connectivity index (χ3v) is 18.5. The van der Waals surface area contributed by atoms with Crippen LogP contribution in [0.25, 0.3) is 0 Å². The van der Waals surface area contributed by atoms with Crippen molar-refractivity contribution >= 4 is 47.4 Å². The number of ketones is 1. The minimum Gasteiger partial charge on any atom is -0.463 e. The number of amides is 3. The number of halogens is 5. The summed E-state index contributed by atoms with van der Waals surface area (Å²) in [7, 11) is 0. The number of hydrogen-bond donors (Lipinski definition) is 3. The predicted octanol–water partition coefficient (Wildman–Crippen LogP) is 7.92. The molecule has 96 heavy (non-hydrogen) atoms. The smallest absolute Gasteiger partial charge is 0.311 e. The highest BCUT2D eigenvalue weighted by molar-refractivity contribution is 5.79. The van der Waals surface area contributed by atoms with E-state index in [9.17, 15) is 60.3 Å². The molecule has 4 rings (SSSR count). The fourth-order valence-corrected chi connectivity index (χ4v) is 11.3. The maximum atomic E-state index is 14.3. The molecule has 6 unspecified atom stereocenters. The van der Waals surface area contributed by atoms with Crippen LogP contribution in [-0.4, -0.2) is 182 Å². The van der Waals surface area contributed by atoms with Crippen molar-refractivity contribution in [2.75, 3.05) is 92.4 Å². The van der Waals surface area contributed by atoms with E-state index in [1.807, 2.05) is 41.5 Å². The first-order valence-electron chi connectivity index (χ1n) is 33.5. The predicted molar refractivity (Wildman–Crippen MR) is 333 cm³/mol. The van der Waals surface area contributed by atoms with Crippen LogP contribution in [-0.2, 0) is 95.2 Å². The maximum absolute atomic E-state index is 14.3. The fourth-order valence-electron chi connectivity index (χ4n) is 11.3. The summed E-state index contributed by atoms with van der Waals surface area (Å²) < 4.78 is 145. The Morgan fingerprint density at radius 3 is 1.15 bits per heavy atom. The van der Waals surface area contributed by atoms with Crippen LogP contribution >= 0.6 is 0 Å². The number of carbonyl (C=O) groups excluding carboxylic acids is 8. The lowest BCUT2D eigenvalue weighted by atomic mass is 9.79. The number of nitrogens with one attached hydrogen (secondary N) is 3. The summed E-state index contributed by atoms with van der Waals surface area (Å²) in [5, 5.41) is 8.43. The van der Waals surface area contributed by atoms with E-state index in [0.717, 1.165) is 0 Å². The second kappa shape index (κ2) is 42.4. The number of rotatable bonds is 43. The highest BCUT2D eigenvalue weighted by Crippen LogP contribution is 2.39. The van der Waals surface area contributed by atoms with Gasteiger partial charge < -0.3 is 77.5 Å². The molecule has 1 aromatic rings. The highest BCUT2D eigenvalue weighted by Gasteiger charge is 2.43. The van der Waals surface area contributed by atoms with Gasteiger partial charge in [-0.05, 0) is 67.6 Å². The van der Waals surface area contributed by atoms with E-state index in [4.69, 9.17) is 56.8 Å². The molecule has 0 aromatic heterocycles. The lowest BCUT2D eigenvalue weighted by Crippen LogP contribution is -2.58. The Labute approximate surface area is 560 Å². The Morgan fingerprint density at radius 1 is 0.396 bits per heavy atom. The average Bonchev–Trinajstić information content (AvgIpc) is 0.818. The molecule has 0 spiro atoms. The molecule has 0 saturated carbocycles. The Balaban J connectivity index is 1.40. The van der Waals surface area contributed by atoms with Crippen molar-refractivity contribution in [3.63, 3.8) is 0 Å². The molecule has 3 N–H and O–H groups in total. The van der Waals surface area contributed by atoms with Crippen molar-refractivity contribution in [3.05, 3.63) is 29.1 Å². The van der Waals surface area contributed by atoms with Crippen LogP contribution in [0, 0.1) is 82.3 Å². The Hall–Kier alpha value is -5.53. The van der Waals surface area contributed by atoms with E-state index >= 15 is 0 Å². The largest absolute Gasteiger partial charge is 0.463 e. The molecule has 15 atom stereocenters. The van der Waals surface area contributed by atoms with E-state index < -0.39 is 102 Å². The normalized spacial score (nSPS) is 26.4. The molecule has 1 aromatic carbocycles. The molecule has 3 amide bonds. The molecule has 3 fully saturated rings. The molecule has 548 valence electrons. The molecule has 0 radical (unpaired) electrons. The molecular formula is C67H104F5N3O21. The van der Waals surface area contributed by atoms with Crippen molar-refractivity contribution in [1.82, 2.24) is 16.0 Å². The van der Waals surface area contributed by atoms with Gasteiger partial charge in [0.1, 0.15) is 31.1 Å². The lowest BCUT2D eigenvalue weighted by molar-refractivity contribution is -0.255. The third kappa shape index (κ3) is 27.6. The second-order valence-corrected chi connectivity index (χ2v) is 25.7. The number of carbonyl (C=O) groups is 8. The second-order valence-electron chi connectivity index (χ2n) is 25.7. The zero-order valence-electron chi connectivity index (χ0n) is 57.8. The van der Waals surface area contributed by atoms with Crippen LogP contribution < -0.4 is 20.7 Å². The van der Waals surface area contributed by atoms with Gasteiger partial charge >= 0.3 is 23.9 Å². The SMILES string of the molecule is CC(=O)OCC1O[C@@H](OCCCCC(=O)CCOCC(COCCC(=O)NCCCO[C@@H]2OC(COC(C)=O)C(C)[C@@H](C)[C@@H]2C)(COCCC(=O)NCCCO[C@@H]2OC(COC(C)=O)C(C)[C@@H](C)[C@@H]2C)NC(=O)CCCC(=O)Oc2c(F)c(F)c(F)c(F)c2F)[C@@H](C)[C@H](C)C1C. The number of Topliss-reactive ketones (excluding diaryl/α,β-unsaturated/α-hetero) is 1. The summed E-state index contributed by atoms with van der Waals surface area (Å²) in [5.74, 6) is -16.9. The van der Waals surface area contributed by atoms with Crippen LogP contribution in [0.1, 0.15) is 154 Å². The van der Waals surface area contributed by atoms with Gasteiger partial charge in [-0.3, -0.25) is 38.4 Å². The Kier molecular flexibility index (Phi) is 36.6. The first-order chi connectivity index (χ1) is 45.5. The van der Waals surface area contributed by atoms with Crippen molar-refractivity contribution in [2.24, 2.45) is 53.3 Å². The number of hydrogen-bond acceptors (Lipinski definition) is 21. The maximum Gasteiger partial charge on any atom is 0.311 e. The molecule has 0 aliphatic carbocycles. The molecule has 3 aliphatic heterocycles. The van der Waals surface area contributed by atoms with Crippen LogP contribution in [0.3, 0.4) is 0 Å². The molecular weight excluding hydrogens is 1280 g/mol. The molecule has 3 saturated heterocycles. The van der Waals surface area contributed by atoms with Gasteiger partial charge in [0.2, 0.25) is 52.6 Å². The van der Waals surface area contributed by atoms with Crippen LogP contribution in [0.5, 0.6) is 5.75 Å². The van der Waals surface area contributed by atoms with Crippen molar-refractivity contribution < 1.29 is 122 Å². The standard InChI is InChI=1S/C67H104F5N3O21/c1-38-41(4)51(32-90-47(10)76)93-64(44(38)7)87-26-14-13-18-50(79)21-29-84-35-67(75-56(82)19-15-20-57(83)96-63-61(71)59(69)58(68)60(70)62(63)72,36-85-30-22-54(80)73-24-16-27-88-65-45(8)39(2)42(5)52(94-65)33-91-48(11)77)37-86-31-23-55(81)74-25-17-28-89-66-46(9)40(3)43(6)53(95-66)34-92-49(12)78/h38-46,51-53,64-66H,13-37H2,1-12H3,(H,73,80)(H,74,81)(H,75,82)/t38-,39-,40-,41?,42?,43?,44+,45+,46+,51?,52?,53?,64-,65-,66-,67?/m1/s1. The van der Waals surface area contributed by atoms with Gasteiger partial charge in [-0.15, -0.1) is 0 Å². The summed E-state index contributed by atoms with van der Waals surface area (Å²) in [5.41, 5.74) is -1.62. The minimum absolute atomic E-state index is 0.0347. The Morgan fingerprint density at radius 2 is 0.760 bits per heavy atom. The highest BCUT2D eigenvalue weighted by atomic mass is 19.2. The van der Waals surface area contributed by atoms with Crippen molar-refractivity contribution in [2.45, 2.75) is 196 Å². The quantitative estimate of drug-likeness (QED) is 0.0106. The summed E-state index contributed by atoms with van der Waals surface area (Å²) in [6, 6.07) is 0. The molecule has 3 aliphatic rings. The zero-order chi connectivity index (χ0) is 71.2. The van der Waals surface area contributed by atoms with Gasteiger partial charge in [-0.2, -0.15) is 8.78 Å². The first-order valence-corrected chi connectivity index (χ1v) is 33.5. The summed E-state index contributed by atoms with van der Waals surface area (Å²) >= 11 is 0. The molecule has 0 bridgehead atoms. The number of esters is 4. The van der Waals surface area contributed by atoms with Crippen LogP contribution in [0.15, 0.2) is 0 Å².